The third kappa shape index (κ3) is 4.95. The maximum Gasteiger partial charge on any atom is 0.573 e. The van der Waals surface area contributed by atoms with Gasteiger partial charge >= 0.3 is 6.36 Å². The number of carbonyl (C=O) groups is 1. The van der Waals surface area contributed by atoms with Gasteiger partial charge in [-0.05, 0) is 48.2 Å². The molecule has 0 aliphatic heterocycles. The van der Waals surface area contributed by atoms with Gasteiger partial charge in [-0.25, -0.2) is 4.98 Å². The van der Waals surface area contributed by atoms with Crippen LogP contribution in [0.25, 0.3) is 16.8 Å². The molecule has 1 amide bonds. The van der Waals surface area contributed by atoms with Crippen molar-refractivity contribution < 1.29 is 22.7 Å². The highest BCUT2D eigenvalue weighted by atomic mass is 19.4. The van der Waals surface area contributed by atoms with Crippen LogP contribution in [0.1, 0.15) is 42.6 Å². The van der Waals surface area contributed by atoms with Crippen LogP contribution in [0.15, 0.2) is 61.1 Å². The van der Waals surface area contributed by atoms with E-state index >= 15 is 0 Å². The molecule has 4 rings (SSSR count). The lowest BCUT2D eigenvalue weighted by Gasteiger charge is -2.31. The van der Waals surface area contributed by atoms with Gasteiger partial charge in [0.2, 0.25) is 0 Å². The van der Waals surface area contributed by atoms with Gasteiger partial charge in [-0.1, -0.05) is 43.5 Å². The van der Waals surface area contributed by atoms with Crippen molar-refractivity contribution in [2.45, 2.75) is 44.5 Å². The lowest BCUT2D eigenvalue weighted by atomic mass is 9.94. The number of alkyl halides is 3. The number of imidazole rings is 1. The van der Waals surface area contributed by atoms with E-state index in [1.54, 1.807) is 40.2 Å². The molecule has 8 heteroatoms. The number of hydrogen-bond acceptors (Lipinski definition) is 3. The molecule has 2 aromatic carbocycles. The van der Waals surface area contributed by atoms with Crippen LogP contribution >= 0.6 is 0 Å². The van der Waals surface area contributed by atoms with Crippen LogP contribution in [0.3, 0.4) is 0 Å². The van der Waals surface area contributed by atoms with Gasteiger partial charge < -0.3 is 9.64 Å². The van der Waals surface area contributed by atoms with Crippen LogP contribution < -0.4 is 4.74 Å². The summed E-state index contributed by atoms with van der Waals surface area (Å²) in [4.78, 5) is 19.1. The molecule has 168 valence electrons. The Bertz CT molecular complexity index is 1090. The molecule has 1 saturated carbocycles. The molecule has 5 nitrogen and oxygen atoms in total. The summed E-state index contributed by atoms with van der Waals surface area (Å²) in [5, 5.41) is 0. The maximum absolute atomic E-state index is 13.2. The molecule has 1 fully saturated rings. The second-order valence-electron chi connectivity index (χ2n) is 7.98. The molecule has 0 radical (unpaired) electrons. The molecule has 1 heterocycles. The second-order valence-corrected chi connectivity index (χ2v) is 7.98. The normalized spacial score (nSPS) is 14.9. The lowest BCUT2D eigenvalue weighted by molar-refractivity contribution is -0.274. The molecule has 0 N–H and O–H groups in total. The standard InChI is InChI=1S/C24H24F3N3O2/c1-29(19-9-3-2-4-10-19)23(31)22-15-28-16-30(22)20-11-5-7-17(13-20)18-8-6-12-21(14-18)32-24(25,26)27/h5-8,11-16,19H,2-4,9-10H2,1H3. The number of benzene rings is 2. The van der Waals surface area contributed by atoms with Crippen molar-refractivity contribution in [3.8, 4) is 22.6 Å². The Kier molecular flexibility index (Phi) is 6.21. The van der Waals surface area contributed by atoms with Crippen molar-refractivity contribution in [3.05, 3.63) is 66.7 Å². The smallest absolute Gasteiger partial charge is 0.406 e. The lowest BCUT2D eigenvalue weighted by Crippen LogP contribution is -2.39. The van der Waals surface area contributed by atoms with Crippen LogP contribution in [0.2, 0.25) is 0 Å². The van der Waals surface area contributed by atoms with Crippen molar-refractivity contribution in [1.82, 2.24) is 14.5 Å². The molecule has 3 aromatic rings. The number of rotatable bonds is 5. The number of nitrogens with zero attached hydrogens (tertiary/aromatic N) is 3. The Morgan fingerprint density at radius 3 is 2.47 bits per heavy atom. The van der Waals surface area contributed by atoms with Gasteiger partial charge in [0.1, 0.15) is 11.4 Å². The second kappa shape index (κ2) is 9.06. The third-order valence-electron chi connectivity index (χ3n) is 5.83. The average Bonchev–Trinajstić information content (AvgIpc) is 3.28. The summed E-state index contributed by atoms with van der Waals surface area (Å²) in [6, 6.07) is 13.3. The van der Waals surface area contributed by atoms with Crippen LogP contribution in [-0.2, 0) is 0 Å². The predicted molar refractivity (Wildman–Crippen MR) is 115 cm³/mol. The van der Waals surface area contributed by atoms with Gasteiger partial charge in [0.05, 0.1) is 12.5 Å². The average molecular weight is 443 g/mol. The minimum Gasteiger partial charge on any atom is -0.406 e. The number of amides is 1. The largest absolute Gasteiger partial charge is 0.573 e. The van der Waals surface area contributed by atoms with Crippen LogP contribution in [0.5, 0.6) is 5.75 Å². The third-order valence-corrected chi connectivity index (χ3v) is 5.83. The van der Waals surface area contributed by atoms with Crippen molar-refractivity contribution >= 4 is 5.91 Å². The fourth-order valence-electron chi connectivity index (χ4n) is 4.18. The number of hydrogen-bond donors (Lipinski definition) is 0. The zero-order valence-electron chi connectivity index (χ0n) is 17.7. The summed E-state index contributed by atoms with van der Waals surface area (Å²) in [6.45, 7) is 0. The monoisotopic (exact) mass is 443 g/mol. The first-order valence-corrected chi connectivity index (χ1v) is 10.6. The Labute approximate surface area is 184 Å². The SMILES string of the molecule is CN(C(=O)c1cncn1-c1cccc(-c2cccc(OC(F)(F)F)c2)c1)C1CCCCC1. The first kappa shape index (κ1) is 21.9. The van der Waals surface area contributed by atoms with E-state index in [0.717, 1.165) is 25.7 Å². The van der Waals surface area contributed by atoms with Crippen molar-refractivity contribution in [1.29, 1.82) is 0 Å². The number of halogens is 3. The fourth-order valence-corrected chi connectivity index (χ4v) is 4.18. The molecular weight excluding hydrogens is 419 g/mol. The van der Waals surface area contributed by atoms with E-state index in [1.807, 2.05) is 19.2 Å². The highest BCUT2D eigenvalue weighted by Crippen LogP contribution is 2.29. The van der Waals surface area contributed by atoms with Gasteiger partial charge in [-0.3, -0.25) is 9.36 Å². The molecular formula is C24H24F3N3O2. The van der Waals surface area contributed by atoms with Crippen LogP contribution in [0.4, 0.5) is 13.2 Å². The van der Waals surface area contributed by atoms with Crippen molar-refractivity contribution in [2.75, 3.05) is 7.05 Å². The molecule has 1 aromatic heterocycles. The summed E-state index contributed by atoms with van der Waals surface area (Å²) in [5.74, 6) is -0.381. The van der Waals surface area contributed by atoms with E-state index in [0.29, 0.717) is 22.5 Å². The first-order chi connectivity index (χ1) is 15.3. The van der Waals surface area contributed by atoms with E-state index < -0.39 is 6.36 Å². The molecule has 0 spiro atoms. The van der Waals surface area contributed by atoms with E-state index in [2.05, 4.69) is 9.72 Å². The van der Waals surface area contributed by atoms with Gasteiger partial charge in [-0.2, -0.15) is 0 Å². The van der Waals surface area contributed by atoms with E-state index in [9.17, 15) is 18.0 Å². The van der Waals surface area contributed by atoms with Crippen molar-refractivity contribution in [3.63, 3.8) is 0 Å². The molecule has 0 bridgehead atoms. The van der Waals surface area contributed by atoms with E-state index in [1.165, 1.54) is 24.6 Å². The summed E-state index contributed by atoms with van der Waals surface area (Å²) >= 11 is 0. The number of aromatic nitrogens is 2. The highest BCUT2D eigenvalue weighted by molar-refractivity contribution is 5.93. The van der Waals surface area contributed by atoms with E-state index in [-0.39, 0.29) is 17.7 Å². The molecule has 0 atom stereocenters. The molecule has 0 saturated heterocycles. The minimum absolute atomic E-state index is 0.0969. The van der Waals surface area contributed by atoms with Crippen molar-refractivity contribution in [2.24, 2.45) is 0 Å². The van der Waals surface area contributed by atoms with Crippen LogP contribution in [0, 0.1) is 0 Å². The fraction of sp³-hybridized carbons (Fsp3) is 0.333. The maximum atomic E-state index is 13.2. The highest BCUT2D eigenvalue weighted by Gasteiger charge is 2.31. The topological polar surface area (TPSA) is 47.4 Å². The molecule has 1 aliphatic rings. The minimum atomic E-state index is -4.75. The summed E-state index contributed by atoms with van der Waals surface area (Å²) < 4.78 is 43.5. The number of ether oxygens (including phenoxy) is 1. The van der Waals surface area contributed by atoms with Gasteiger partial charge in [0, 0.05) is 18.8 Å². The summed E-state index contributed by atoms with van der Waals surface area (Å²) in [5.41, 5.74) is 2.41. The Morgan fingerprint density at radius 2 is 1.75 bits per heavy atom. The number of carbonyl (C=O) groups excluding carboxylic acids is 1. The van der Waals surface area contributed by atoms with Gasteiger partial charge in [0.15, 0.2) is 0 Å². The Morgan fingerprint density at radius 1 is 1.06 bits per heavy atom. The Hall–Kier alpha value is -3.29. The summed E-state index contributed by atoms with van der Waals surface area (Å²) in [7, 11) is 1.83. The first-order valence-electron chi connectivity index (χ1n) is 10.6. The Balaban J connectivity index is 1.61. The molecule has 0 unspecified atom stereocenters. The van der Waals surface area contributed by atoms with Gasteiger partial charge in [-0.15, -0.1) is 13.2 Å². The summed E-state index contributed by atoms with van der Waals surface area (Å²) in [6.07, 6.45) is 3.83. The molecule has 1 aliphatic carbocycles. The zero-order valence-corrected chi connectivity index (χ0v) is 17.7. The quantitative estimate of drug-likeness (QED) is 0.498. The molecule has 32 heavy (non-hydrogen) atoms. The van der Waals surface area contributed by atoms with Gasteiger partial charge in [0.25, 0.3) is 5.91 Å². The van der Waals surface area contributed by atoms with Crippen LogP contribution in [-0.4, -0.2) is 39.8 Å². The van der Waals surface area contributed by atoms with E-state index in [4.69, 9.17) is 0 Å². The zero-order chi connectivity index (χ0) is 22.7. The predicted octanol–water partition coefficient (Wildman–Crippen LogP) is 5.84.